The second-order valence-electron chi connectivity index (χ2n) is 4.82. The van der Waals surface area contributed by atoms with Crippen LogP contribution in [0, 0.1) is 19.8 Å². The minimum atomic E-state index is -0.285. The molecule has 0 aliphatic carbocycles. The number of nitrogens with zero attached hydrogens (tertiary/aromatic N) is 1. The number of hydrogen-bond donors (Lipinski definition) is 1. The van der Waals surface area contributed by atoms with E-state index in [0.29, 0.717) is 0 Å². The lowest BCUT2D eigenvalue weighted by atomic mass is 10.0. The van der Waals surface area contributed by atoms with Crippen LogP contribution in [-0.4, -0.2) is 24.1 Å². The fraction of sp³-hybridized carbons (Fsp3) is 0.692. The summed E-state index contributed by atoms with van der Waals surface area (Å²) in [5, 5.41) is 4.38. The second-order valence-corrected chi connectivity index (χ2v) is 6.05. The SMILES string of the molecule is COC(=O)C(NC(C)c1sc(C)nc1C)C(C)C. The van der Waals surface area contributed by atoms with Crippen LogP contribution in [0.15, 0.2) is 0 Å². The largest absolute Gasteiger partial charge is 0.468 e. The summed E-state index contributed by atoms with van der Waals surface area (Å²) in [6.07, 6.45) is 0. The Morgan fingerprint density at radius 1 is 1.33 bits per heavy atom. The minimum Gasteiger partial charge on any atom is -0.468 e. The van der Waals surface area contributed by atoms with E-state index in [0.717, 1.165) is 10.7 Å². The molecule has 1 aromatic rings. The maximum Gasteiger partial charge on any atom is 0.323 e. The van der Waals surface area contributed by atoms with Gasteiger partial charge in [0.25, 0.3) is 0 Å². The summed E-state index contributed by atoms with van der Waals surface area (Å²) in [4.78, 5) is 17.3. The van der Waals surface area contributed by atoms with E-state index in [9.17, 15) is 4.79 Å². The molecule has 4 nitrogen and oxygen atoms in total. The van der Waals surface area contributed by atoms with Crippen LogP contribution in [0.25, 0.3) is 0 Å². The molecule has 0 bridgehead atoms. The summed E-state index contributed by atoms with van der Waals surface area (Å²) in [6, 6.07) is -0.186. The third-order valence-electron chi connectivity index (χ3n) is 2.88. The van der Waals surface area contributed by atoms with Crippen molar-refractivity contribution in [2.45, 2.75) is 46.7 Å². The van der Waals surface area contributed by atoms with Gasteiger partial charge < -0.3 is 4.74 Å². The van der Waals surface area contributed by atoms with Gasteiger partial charge in [-0.2, -0.15) is 0 Å². The number of thiazole rings is 1. The van der Waals surface area contributed by atoms with Crippen LogP contribution < -0.4 is 5.32 Å². The topological polar surface area (TPSA) is 51.2 Å². The summed E-state index contributed by atoms with van der Waals surface area (Å²) in [7, 11) is 1.42. The van der Waals surface area contributed by atoms with E-state index >= 15 is 0 Å². The van der Waals surface area contributed by atoms with E-state index in [-0.39, 0.29) is 24.0 Å². The Labute approximate surface area is 113 Å². The molecule has 2 unspecified atom stereocenters. The Bertz CT molecular complexity index is 415. The molecule has 1 N–H and O–H groups in total. The van der Waals surface area contributed by atoms with Crippen molar-refractivity contribution in [3.8, 4) is 0 Å². The fourth-order valence-electron chi connectivity index (χ4n) is 1.95. The van der Waals surface area contributed by atoms with Crippen LogP contribution in [0.5, 0.6) is 0 Å². The van der Waals surface area contributed by atoms with Crippen molar-refractivity contribution >= 4 is 17.3 Å². The Balaban J connectivity index is 2.81. The highest BCUT2D eigenvalue weighted by Gasteiger charge is 2.26. The Hall–Kier alpha value is -0.940. The molecule has 1 rings (SSSR count). The van der Waals surface area contributed by atoms with Gasteiger partial charge in [0.1, 0.15) is 6.04 Å². The van der Waals surface area contributed by atoms with E-state index in [4.69, 9.17) is 4.74 Å². The summed E-state index contributed by atoms with van der Waals surface area (Å²) >= 11 is 1.67. The van der Waals surface area contributed by atoms with Gasteiger partial charge in [0.05, 0.1) is 17.8 Å². The molecule has 0 radical (unpaired) electrons. The molecule has 102 valence electrons. The minimum absolute atomic E-state index is 0.0997. The molecule has 0 aromatic carbocycles. The third kappa shape index (κ3) is 3.53. The average molecular weight is 270 g/mol. The molecule has 0 amide bonds. The van der Waals surface area contributed by atoms with Crippen LogP contribution in [0.4, 0.5) is 0 Å². The molecule has 5 heteroatoms. The lowest BCUT2D eigenvalue weighted by Gasteiger charge is -2.23. The maximum atomic E-state index is 11.7. The van der Waals surface area contributed by atoms with E-state index in [1.165, 1.54) is 12.0 Å². The van der Waals surface area contributed by atoms with Crippen LogP contribution in [-0.2, 0) is 9.53 Å². The first-order chi connectivity index (χ1) is 8.36. The quantitative estimate of drug-likeness (QED) is 0.836. The molecule has 0 aliphatic rings. The van der Waals surface area contributed by atoms with Crippen LogP contribution >= 0.6 is 11.3 Å². The zero-order chi connectivity index (χ0) is 13.9. The molecular weight excluding hydrogens is 248 g/mol. The first-order valence-electron chi connectivity index (χ1n) is 6.14. The molecule has 0 saturated carbocycles. The first kappa shape index (κ1) is 15.1. The third-order valence-corrected chi connectivity index (χ3v) is 4.14. The van der Waals surface area contributed by atoms with Gasteiger partial charge in [-0.3, -0.25) is 10.1 Å². The summed E-state index contributed by atoms with van der Waals surface area (Å²) in [5.74, 6) is -0.0232. The first-order valence-corrected chi connectivity index (χ1v) is 6.96. The van der Waals surface area contributed by atoms with Crippen molar-refractivity contribution in [1.82, 2.24) is 10.3 Å². The van der Waals surface area contributed by atoms with Gasteiger partial charge in [0.15, 0.2) is 0 Å². The number of methoxy groups -OCH3 is 1. The number of ether oxygens (including phenoxy) is 1. The Kier molecular flexibility index (Phi) is 5.28. The highest BCUT2D eigenvalue weighted by Crippen LogP contribution is 2.25. The average Bonchev–Trinajstić information content (AvgIpc) is 2.63. The Morgan fingerprint density at radius 2 is 1.94 bits per heavy atom. The van der Waals surface area contributed by atoms with Crippen molar-refractivity contribution in [1.29, 1.82) is 0 Å². The van der Waals surface area contributed by atoms with Gasteiger partial charge in [-0.1, -0.05) is 13.8 Å². The molecule has 0 fully saturated rings. The van der Waals surface area contributed by atoms with E-state index < -0.39 is 0 Å². The summed E-state index contributed by atoms with van der Waals surface area (Å²) < 4.78 is 4.83. The number of esters is 1. The van der Waals surface area contributed by atoms with Crippen LogP contribution in [0.3, 0.4) is 0 Å². The van der Waals surface area contributed by atoms with E-state index in [1.807, 2.05) is 27.7 Å². The van der Waals surface area contributed by atoms with Crippen LogP contribution in [0.1, 0.15) is 42.4 Å². The molecule has 0 aliphatic heterocycles. The number of aromatic nitrogens is 1. The predicted molar refractivity (Wildman–Crippen MR) is 73.8 cm³/mol. The van der Waals surface area contributed by atoms with Gasteiger partial charge in [0.2, 0.25) is 0 Å². The molecular formula is C13H22N2O2S. The number of hydrogen-bond acceptors (Lipinski definition) is 5. The second kappa shape index (κ2) is 6.29. The van der Waals surface area contributed by atoms with Crippen molar-refractivity contribution in [2.75, 3.05) is 7.11 Å². The van der Waals surface area contributed by atoms with Crippen molar-refractivity contribution < 1.29 is 9.53 Å². The highest BCUT2D eigenvalue weighted by molar-refractivity contribution is 7.11. The molecule has 0 saturated heterocycles. The highest BCUT2D eigenvalue weighted by atomic mass is 32.1. The number of carbonyl (C=O) groups is 1. The fourth-order valence-corrected chi connectivity index (χ4v) is 2.89. The van der Waals surface area contributed by atoms with Crippen molar-refractivity contribution in [2.24, 2.45) is 5.92 Å². The summed E-state index contributed by atoms with van der Waals surface area (Å²) in [6.45, 7) is 10.1. The monoisotopic (exact) mass is 270 g/mol. The van der Waals surface area contributed by atoms with Gasteiger partial charge in [0, 0.05) is 10.9 Å². The molecule has 0 spiro atoms. The zero-order valence-corrected chi connectivity index (χ0v) is 12.7. The standard InChI is InChI=1S/C13H22N2O2S/c1-7(2)11(13(16)17-6)15-9(4)12-8(3)14-10(5)18-12/h7,9,11,15H,1-6H3. The van der Waals surface area contributed by atoms with Crippen molar-refractivity contribution in [3.05, 3.63) is 15.6 Å². The van der Waals surface area contributed by atoms with Crippen molar-refractivity contribution in [3.63, 3.8) is 0 Å². The predicted octanol–water partition coefficient (Wildman–Crippen LogP) is 2.61. The van der Waals surface area contributed by atoms with Crippen LogP contribution in [0.2, 0.25) is 0 Å². The molecule has 18 heavy (non-hydrogen) atoms. The normalized spacial score (nSPS) is 14.6. The molecule has 1 aromatic heterocycles. The lowest BCUT2D eigenvalue weighted by Crippen LogP contribution is -2.42. The number of nitrogens with one attached hydrogen (secondary N) is 1. The number of aryl methyl sites for hydroxylation is 2. The van der Waals surface area contributed by atoms with E-state index in [1.54, 1.807) is 11.3 Å². The smallest absolute Gasteiger partial charge is 0.323 e. The van der Waals surface area contributed by atoms with Gasteiger partial charge in [-0.15, -0.1) is 11.3 Å². The number of rotatable bonds is 5. The van der Waals surface area contributed by atoms with Gasteiger partial charge in [-0.05, 0) is 26.7 Å². The lowest BCUT2D eigenvalue weighted by molar-refractivity contribution is -0.144. The van der Waals surface area contributed by atoms with Gasteiger partial charge >= 0.3 is 5.97 Å². The maximum absolute atomic E-state index is 11.7. The zero-order valence-electron chi connectivity index (χ0n) is 11.9. The summed E-state index contributed by atoms with van der Waals surface area (Å²) in [5.41, 5.74) is 1.03. The Morgan fingerprint density at radius 3 is 2.33 bits per heavy atom. The number of carbonyl (C=O) groups excluding carboxylic acids is 1. The molecule has 2 atom stereocenters. The molecule has 1 heterocycles. The van der Waals surface area contributed by atoms with Gasteiger partial charge in [-0.25, -0.2) is 4.98 Å². The van der Waals surface area contributed by atoms with E-state index in [2.05, 4.69) is 17.2 Å².